The van der Waals surface area contributed by atoms with Crippen LogP contribution in [-0.2, 0) is 60.0 Å². The van der Waals surface area contributed by atoms with Crippen LogP contribution in [0.2, 0.25) is 25.3 Å². The molecule has 628 valence electrons. The number of alkyl halides is 4. The monoisotopic (exact) mass is 1650 g/mol. The molecule has 37 nitrogen and oxygen atoms in total. The van der Waals surface area contributed by atoms with E-state index in [0.29, 0.717) is 85.2 Å². The Morgan fingerprint density at radius 2 is 0.862 bits per heavy atom. The van der Waals surface area contributed by atoms with Gasteiger partial charge in [-0.05, 0) is 141 Å². The largest absolute Gasteiger partial charge is 0.480 e. The van der Waals surface area contributed by atoms with Crippen molar-refractivity contribution in [3.63, 3.8) is 0 Å². The molecule has 21 N–H and O–H groups in total. The summed E-state index contributed by atoms with van der Waals surface area (Å²) in [4.78, 5) is 46.9. The number of rotatable bonds is 37. The molecule has 0 aromatic heterocycles. The molecule has 10 atom stereocenters. The van der Waals surface area contributed by atoms with Crippen LogP contribution in [0.5, 0.6) is 0 Å². The van der Waals surface area contributed by atoms with Gasteiger partial charge in [-0.15, -0.1) is 0 Å². The van der Waals surface area contributed by atoms with Crippen LogP contribution in [0.15, 0.2) is 0 Å². The maximum Gasteiger partial charge on any atom is 0.451 e. The van der Waals surface area contributed by atoms with Gasteiger partial charge in [0.05, 0.1) is 6.04 Å². The van der Waals surface area contributed by atoms with E-state index in [4.69, 9.17) is 63.1 Å². The molecule has 3 saturated carbocycles. The van der Waals surface area contributed by atoms with Crippen molar-refractivity contribution in [3.8, 4) is 0 Å². The summed E-state index contributed by atoms with van der Waals surface area (Å²) in [7, 11) is -22.3. The van der Waals surface area contributed by atoms with Crippen molar-refractivity contribution in [2.75, 3.05) is 98.2 Å². The fourth-order valence-electron chi connectivity index (χ4n) is 15.4. The van der Waals surface area contributed by atoms with Crippen molar-refractivity contribution in [2.45, 2.75) is 214 Å². The number of piperidine rings is 1. The molecule has 9 aliphatic rings. The maximum atomic E-state index is 14.3. The van der Waals surface area contributed by atoms with Crippen LogP contribution in [0, 0.1) is 41.4 Å². The first-order valence-electron chi connectivity index (χ1n) is 37.2. The number of fused-ring (bicyclic) bond motifs is 1. The van der Waals surface area contributed by atoms with Crippen LogP contribution in [0.3, 0.4) is 0 Å². The first-order chi connectivity index (χ1) is 50.2. The van der Waals surface area contributed by atoms with E-state index in [0.717, 1.165) is 53.6 Å². The van der Waals surface area contributed by atoms with Crippen LogP contribution >= 0.6 is 0 Å². The Kier molecular flexibility index (Phi) is 33.2. The number of halogens is 4. The summed E-state index contributed by atoms with van der Waals surface area (Å²) in [6.07, 6.45) is 5.65. The Hall–Kier alpha value is -3.18. The van der Waals surface area contributed by atoms with Crippen LogP contribution in [0.4, 0.5) is 17.6 Å². The Bertz CT molecular complexity index is 3520. The van der Waals surface area contributed by atoms with Gasteiger partial charge in [0, 0.05) is 127 Å². The standard InChI is InChI=1S/C16H32BN3O6S.C15H27BF3N3O6S.C15H30BFN4O6S.C14H26BN3O6S/c1-12(2)20(9-13-5-3-6-13)27(25,26)19-10-14(7-4-8-17(23)24)16(18,11-19)15(21)22;17-15(18,19)10-21(7-11-3-1-4-11)29(27,28)22-8-12(5-2-6-16(25)26)14(20,9-22)13(23)24;1-14(2,17)9-21(12-6-19-7-12)28(26,27)20-8-11(4-3-5-16(24)25)15(18,10-20)13(22)23;16-14(13(19)20)9-17(8-11(14)4-1-5-15(21)22)25(23,24)18-6-2-3-10-7-12(10)18/h12-14,23-24H,3-11,18H2,1-2H3,(H,21,22);11-12,25-26H,1-10,20H2,(H,23,24);11-12,19,24-25H,3-10,18H2,1-2H3,(H,22,23);10-12,21-22H,1-9,16H2,(H,19,20)/t14-,16-;12-,14-;11-,15-;10-,11-,12?,14-/m0000/s1. The van der Waals surface area contributed by atoms with Crippen LogP contribution < -0.4 is 28.3 Å². The van der Waals surface area contributed by atoms with Gasteiger partial charge in [-0.3, -0.25) is 19.2 Å². The number of hydrogen-bond acceptors (Lipinski definition) is 25. The first-order valence-corrected chi connectivity index (χ1v) is 42.8. The highest BCUT2D eigenvalue weighted by atomic mass is 32.2. The summed E-state index contributed by atoms with van der Waals surface area (Å²) < 4.78 is 167. The molecule has 0 amide bonds. The average Bonchev–Trinajstić information content (AvgIpc) is 1.60. The molecular weight excluding hydrogens is 1530 g/mol. The lowest BCUT2D eigenvalue weighted by atomic mass is 9.78. The summed E-state index contributed by atoms with van der Waals surface area (Å²) in [6.45, 7) is 3.73. The molecule has 9 rings (SSSR count). The summed E-state index contributed by atoms with van der Waals surface area (Å²) >= 11 is 0. The minimum atomic E-state index is -4.74. The molecule has 6 aliphatic heterocycles. The number of aliphatic carboxylic acids is 4. The van der Waals surface area contributed by atoms with Crippen molar-refractivity contribution < 1.29 is 131 Å². The Morgan fingerprint density at radius 3 is 1.17 bits per heavy atom. The number of nitrogens with one attached hydrogen (secondary N) is 1. The Labute approximate surface area is 637 Å². The number of carboxylic acids is 4. The highest BCUT2D eigenvalue weighted by Crippen LogP contribution is 2.46. The Morgan fingerprint density at radius 1 is 0.514 bits per heavy atom. The predicted molar refractivity (Wildman–Crippen MR) is 392 cm³/mol. The zero-order valence-electron chi connectivity index (χ0n) is 62.3. The van der Waals surface area contributed by atoms with Gasteiger partial charge >= 0.3 is 58.5 Å². The van der Waals surface area contributed by atoms with Gasteiger partial charge < -0.3 is 88.9 Å². The van der Waals surface area contributed by atoms with E-state index < -0.39 is 177 Å². The molecular formula is C60H115B4F4N13O24S4. The third kappa shape index (κ3) is 24.5. The molecule has 0 radical (unpaired) electrons. The SMILES string of the molecule is CC(C)(F)CN(C1CNC1)S(=O)(=O)N1C[C@H](CCCB(O)O)[C@](N)(C(=O)O)C1.CC(C)N(CC1CCC1)S(=O)(=O)N1C[C@H](CCCB(O)O)[C@](N)(C(=O)O)C1.N[C@@]1(C(=O)O)CN(S(=O)(=O)N(CC2CCC2)CC(F)(F)F)C[C@@H]1CCCB(O)O.N[C@@]1(C(=O)O)CN(S(=O)(=O)N2CCC[C@H]3CC32)C[C@@H]1CCCB(O)O. The van der Waals surface area contributed by atoms with E-state index in [1.54, 1.807) is 0 Å². The second-order valence-corrected chi connectivity index (χ2v) is 39.6. The fourth-order valence-corrected chi connectivity index (χ4v) is 23.2. The van der Waals surface area contributed by atoms with Gasteiger partial charge in [-0.1, -0.05) is 38.5 Å². The first kappa shape index (κ1) is 94.7. The topological polar surface area (TPSA) is 590 Å². The average molecular weight is 1650 g/mol. The lowest BCUT2D eigenvalue weighted by Crippen LogP contribution is -2.63. The van der Waals surface area contributed by atoms with Gasteiger partial charge in [0.25, 0.3) is 40.8 Å². The molecule has 3 aliphatic carbocycles. The number of carboxylic acid groups (broad SMARTS) is 4. The van der Waals surface area contributed by atoms with E-state index in [-0.39, 0.29) is 121 Å². The van der Waals surface area contributed by atoms with Crippen LogP contribution in [0.1, 0.15) is 137 Å². The van der Waals surface area contributed by atoms with E-state index in [1.165, 1.54) is 31.1 Å². The summed E-state index contributed by atoms with van der Waals surface area (Å²) in [5, 5.41) is 113. The molecule has 0 spiro atoms. The molecule has 6 saturated heterocycles. The van der Waals surface area contributed by atoms with E-state index >= 15 is 0 Å². The highest BCUT2D eigenvalue weighted by Gasteiger charge is 2.60. The second-order valence-electron chi connectivity index (χ2n) is 32.1. The minimum Gasteiger partial charge on any atom is -0.480 e. The molecule has 9 fully saturated rings. The number of nitrogens with zero attached hydrogens (tertiary/aromatic N) is 8. The molecule has 0 bridgehead atoms. The zero-order chi connectivity index (χ0) is 82.2. The fraction of sp³-hybridized carbons (Fsp3) is 0.933. The maximum absolute atomic E-state index is 14.3. The van der Waals surface area contributed by atoms with Crippen molar-refractivity contribution in [1.29, 1.82) is 0 Å². The van der Waals surface area contributed by atoms with Gasteiger partial charge in [0.1, 0.15) is 34.4 Å². The highest BCUT2D eigenvalue weighted by molar-refractivity contribution is 7.87. The van der Waals surface area contributed by atoms with Crippen molar-refractivity contribution >= 4 is 93.2 Å². The molecule has 0 aromatic rings. The Balaban J connectivity index is 0.000000227. The molecule has 1 unspecified atom stereocenters. The third-order valence-corrected chi connectivity index (χ3v) is 30.6. The second kappa shape index (κ2) is 38.3. The van der Waals surface area contributed by atoms with E-state index in [2.05, 4.69) is 5.32 Å². The zero-order valence-corrected chi connectivity index (χ0v) is 65.6. The lowest BCUT2D eigenvalue weighted by molar-refractivity contribution is -0.145. The molecule has 109 heavy (non-hydrogen) atoms. The van der Waals surface area contributed by atoms with E-state index in [9.17, 15) is 90.8 Å². The van der Waals surface area contributed by atoms with Gasteiger partial charge in [0.2, 0.25) is 0 Å². The number of carbonyl (C=O) groups is 4. The van der Waals surface area contributed by atoms with Crippen molar-refractivity contribution in [2.24, 2.45) is 64.4 Å². The van der Waals surface area contributed by atoms with Gasteiger partial charge in [-0.25, -0.2) is 4.39 Å². The summed E-state index contributed by atoms with van der Waals surface area (Å²) in [6, 6.07) is -0.573. The molecule has 49 heteroatoms. The number of hydrogen-bond donors (Lipinski definition) is 17. The van der Waals surface area contributed by atoms with Gasteiger partial charge in [-0.2, -0.15) is 81.3 Å². The van der Waals surface area contributed by atoms with Crippen molar-refractivity contribution in [3.05, 3.63) is 0 Å². The number of nitrogens with two attached hydrogens (primary N) is 4. The van der Waals surface area contributed by atoms with Crippen LogP contribution in [-0.4, -0.2) is 331 Å². The molecule has 6 heterocycles. The normalized spacial score (nSPS) is 29.1. The molecule has 0 aromatic carbocycles. The predicted octanol–water partition coefficient (Wildman–Crippen LogP) is -3.53. The third-order valence-electron chi connectivity index (χ3n) is 22.7. The lowest BCUT2D eigenvalue weighted by Gasteiger charge is -2.40. The summed E-state index contributed by atoms with van der Waals surface area (Å²) in [5.74, 6) is -7.29. The quantitative estimate of drug-likeness (QED) is 0.0212. The van der Waals surface area contributed by atoms with Crippen molar-refractivity contribution in [1.82, 2.24) is 39.8 Å². The van der Waals surface area contributed by atoms with Crippen LogP contribution in [0.25, 0.3) is 0 Å². The summed E-state index contributed by atoms with van der Waals surface area (Å²) in [5.41, 5.74) is 15.4. The van der Waals surface area contributed by atoms with Gasteiger partial charge in [0.15, 0.2) is 0 Å². The smallest absolute Gasteiger partial charge is 0.451 e. The minimum absolute atomic E-state index is 0.0283. The van der Waals surface area contributed by atoms with E-state index in [1.807, 2.05) is 13.8 Å².